The van der Waals surface area contributed by atoms with Gasteiger partial charge < -0.3 is 20.2 Å². The summed E-state index contributed by atoms with van der Waals surface area (Å²) < 4.78 is 9.73. The number of hydrogen-bond acceptors (Lipinski definition) is 9. The Kier molecular flexibility index (Phi) is 4.77. The van der Waals surface area contributed by atoms with Crippen LogP contribution in [0.1, 0.15) is 11.1 Å². The van der Waals surface area contributed by atoms with E-state index in [1.807, 2.05) is 0 Å². The van der Waals surface area contributed by atoms with Crippen LogP contribution in [0.25, 0.3) is 11.6 Å². The Hall–Kier alpha value is -4.02. The Balaban J connectivity index is 1.55. The summed E-state index contributed by atoms with van der Waals surface area (Å²) in [7, 11) is 1.28. The molecule has 1 amide bonds. The fourth-order valence-electron chi connectivity index (χ4n) is 2.87. The molecule has 0 bridgehead atoms. The lowest BCUT2D eigenvalue weighted by atomic mass is 10.2. The molecule has 4 rings (SSSR count). The summed E-state index contributed by atoms with van der Waals surface area (Å²) in [6.07, 6.45) is 4.93. The number of amides is 1. The number of hydrogen-bond donors (Lipinski definition) is 2. The van der Waals surface area contributed by atoms with Gasteiger partial charge in [-0.1, -0.05) is 6.07 Å². The monoisotopic (exact) mass is 395 g/mol. The highest BCUT2D eigenvalue weighted by Gasteiger charge is 2.32. The molecule has 148 valence electrons. The molecule has 0 spiro atoms. The summed E-state index contributed by atoms with van der Waals surface area (Å²) in [6, 6.07) is 3.37. The van der Waals surface area contributed by atoms with Gasteiger partial charge >= 0.3 is 5.97 Å². The van der Waals surface area contributed by atoms with Crippen LogP contribution < -0.4 is 15.4 Å². The number of carbonyl (C=O) groups excluding carboxylic acids is 2. The molecule has 0 aliphatic carbocycles. The van der Waals surface area contributed by atoms with Crippen molar-refractivity contribution in [2.24, 2.45) is 0 Å². The number of esters is 1. The minimum atomic E-state index is -0.500. The second-order valence-electron chi connectivity index (χ2n) is 6.20. The molecule has 0 radical (unpaired) electrons. The Morgan fingerprint density at radius 2 is 2.17 bits per heavy atom. The summed E-state index contributed by atoms with van der Waals surface area (Å²) in [4.78, 5) is 45.1. The van der Waals surface area contributed by atoms with Crippen molar-refractivity contribution in [2.45, 2.75) is 13.0 Å². The number of imidazole rings is 1. The van der Waals surface area contributed by atoms with Crippen LogP contribution in [0.3, 0.4) is 0 Å². The second-order valence-corrected chi connectivity index (χ2v) is 6.20. The van der Waals surface area contributed by atoms with E-state index in [4.69, 9.17) is 10.5 Å². The van der Waals surface area contributed by atoms with Crippen molar-refractivity contribution in [2.75, 3.05) is 24.4 Å². The van der Waals surface area contributed by atoms with E-state index in [9.17, 15) is 9.59 Å². The van der Waals surface area contributed by atoms with Crippen LogP contribution in [-0.4, -0.2) is 50.5 Å². The van der Waals surface area contributed by atoms with E-state index < -0.39 is 5.97 Å². The maximum Gasteiger partial charge on any atom is 0.343 e. The van der Waals surface area contributed by atoms with E-state index in [0.717, 1.165) is 5.56 Å². The zero-order valence-corrected chi connectivity index (χ0v) is 15.5. The van der Waals surface area contributed by atoms with Gasteiger partial charge in [0.1, 0.15) is 11.6 Å². The van der Waals surface area contributed by atoms with Gasteiger partial charge in [-0.25, -0.2) is 24.7 Å². The minimum absolute atomic E-state index is 0.132. The lowest BCUT2D eigenvalue weighted by Crippen LogP contribution is -2.26. The van der Waals surface area contributed by atoms with Gasteiger partial charge in [-0.05, 0) is 5.56 Å². The Labute approximate surface area is 164 Å². The van der Waals surface area contributed by atoms with Crippen LogP contribution in [0.5, 0.6) is 5.88 Å². The first-order valence-corrected chi connectivity index (χ1v) is 8.66. The average molecular weight is 395 g/mol. The molecule has 4 heterocycles. The molecule has 0 fully saturated rings. The molecule has 29 heavy (non-hydrogen) atoms. The van der Waals surface area contributed by atoms with Gasteiger partial charge in [-0.15, -0.1) is 0 Å². The van der Waals surface area contributed by atoms with Gasteiger partial charge in [-0.3, -0.25) is 9.69 Å². The van der Waals surface area contributed by atoms with Gasteiger partial charge in [0.15, 0.2) is 18.3 Å². The SMILES string of the molecule is COC(=O)COc1ccc(CN2C(=O)Cc3c(N)nc(-c4ncc[nH]4)nc32)cn1. The third-order valence-corrected chi connectivity index (χ3v) is 4.32. The van der Waals surface area contributed by atoms with Crippen molar-refractivity contribution < 1.29 is 19.1 Å². The van der Waals surface area contributed by atoms with Crippen LogP contribution in [0.15, 0.2) is 30.7 Å². The van der Waals surface area contributed by atoms with Gasteiger partial charge in [0.25, 0.3) is 0 Å². The standard InChI is InChI=1S/C18H17N7O4/c1-28-14(27)9-29-12-3-2-10(7-22-12)8-25-13(26)6-11-15(19)23-17(24-18(11)25)16-20-4-5-21-16/h2-5,7H,6,8-9H2,1H3,(H,20,21)(H2,19,23,24). The van der Waals surface area contributed by atoms with Crippen molar-refractivity contribution in [1.82, 2.24) is 24.9 Å². The summed E-state index contributed by atoms with van der Waals surface area (Å²) >= 11 is 0. The predicted octanol–water partition coefficient (Wildman–Crippen LogP) is 0.485. The first kappa shape index (κ1) is 18.3. The van der Waals surface area contributed by atoms with Gasteiger partial charge in [-0.2, -0.15) is 0 Å². The summed E-state index contributed by atoms with van der Waals surface area (Å²) in [5.41, 5.74) is 7.40. The zero-order valence-electron chi connectivity index (χ0n) is 15.5. The van der Waals surface area contributed by atoms with E-state index >= 15 is 0 Å². The van der Waals surface area contributed by atoms with Crippen LogP contribution in [0, 0.1) is 0 Å². The normalized spacial score (nSPS) is 12.7. The largest absolute Gasteiger partial charge is 0.466 e. The number of pyridine rings is 1. The molecule has 0 unspecified atom stereocenters. The smallest absolute Gasteiger partial charge is 0.343 e. The Morgan fingerprint density at radius 1 is 1.31 bits per heavy atom. The van der Waals surface area contributed by atoms with Crippen LogP contribution in [0.4, 0.5) is 11.6 Å². The summed E-state index contributed by atoms with van der Waals surface area (Å²) in [5.74, 6) is 1.13. The first-order chi connectivity index (χ1) is 14.0. The predicted molar refractivity (Wildman–Crippen MR) is 101 cm³/mol. The number of anilines is 2. The second kappa shape index (κ2) is 7.54. The highest BCUT2D eigenvalue weighted by atomic mass is 16.6. The highest BCUT2D eigenvalue weighted by Crippen LogP contribution is 2.33. The van der Waals surface area contributed by atoms with Crippen LogP contribution >= 0.6 is 0 Å². The fourth-order valence-corrected chi connectivity index (χ4v) is 2.87. The number of methoxy groups -OCH3 is 1. The number of nitrogens with two attached hydrogens (primary N) is 1. The van der Waals surface area contributed by atoms with Crippen molar-refractivity contribution in [3.8, 4) is 17.5 Å². The molecule has 3 aromatic heterocycles. The average Bonchev–Trinajstić information content (AvgIpc) is 3.37. The number of carbonyl (C=O) groups is 2. The third-order valence-electron chi connectivity index (χ3n) is 4.32. The maximum absolute atomic E-state index is 12.5. The molecule has 11 heteroatoms. The molecule has 3 aromatic rings. The number of aromatic amines is 1. The van der Waals surface area contributed by atoms with Crippen LogP contribution in [-0.2, 0) is 27.3 Å². The number of nitrogens with one attached hydrogen (secondary N) is 1. The van der Waals surface area contributed by atoms with E-state index in [1.54, 1.807) is 30.7 Å². The highest BCUT2D eigenvalue weighted by molar-refractivity contribution is 6.01. The number of nitrogens with zero attached hydrogens (tertiary/aromatic N) is 5. The molecule has 0 aromatic carbocycles. The van der Waals surface area contributed by atoms with E-state index in [2.05, 4.69) is 29.7 Å². The molecule has 1 aliphatic heterocycles. The van der Waals surface area contributed by atoms with Crippen molar-refractivity contribution in [3.63, 3.8) is 0 Å². The van der Waals surface area contributed by atoms with Crippen molar-refractivity contribution in [3.05, 3.63) is 41.9 Å². The number of nitrogen functional groups attached to an aromatic ring is 1. The molecule has 0 atom stereocenters. The Bertz CT molecular complexity index is 1050. The Morgan fingerprint density at radius 3 is 2.86 bits per heavy atom. The molecule has 11 nitrogen and oxygen atoms in total. The first-order valence-electron chi connectivity index (χ1n) is 8.66. The minimum Gasteiger partial charge on any atom is -0.466 e. The number of ether oxygens (including phenoxy) is 2. The van der Waals surface area contributed by atoms with Gasteiger partial charge in [0, 0.05) is 30.2 Å². The van der Waals surface area contributed by atoms with E-state index in [-0.39, 0.29) is 37.2 Å². The quantitative estimate of drug-likeness (QED) is 0.568. The maximum atomic E-state index is 12.5. The lowest BCUT2D eigenvalue weighted by molar-refractivity contribution is -0.143. The van der Waals surface area contributed by atoms with Gasteiger partial charge in [0.05, 0.1) is 20.1 Å². The third kappa shape index (κ3) is 3.70. The van der Waals surface area contributed by atoms with E-state index in [1.165, 1.54) is 12.0 Å². The van der Waals surface area contributed by atoms with Crippen molar-refractivity contribution >= 4 is 23.5 Å². The number of rotatable bonds is 6. The molecular formula is C18H17N7O4. The van der Waals surface area contributed by atoms with E-state index in [0.29, 0.717) is 23.0 Å². The van der Waals surface area contributed by atoms with Gasteiger partial charge in [0.2, 0.25) is 11.8 Å². The molecule has 0 saturated carbocycles. The molecule has 3 N–H and O–H groups in total. The summed E-state index contributed by atoms with van der Waals surface area (Å²) in [6.45, 7) is 0.0246. The van der Waals surface area contributed by atoms with Crippen molar-refractivity contribution in [1.29, 1.82) is 0 Å². The molecule has 1 aliphatic rings. The molecule has 0 saturated heterocycles. The number of aromatic nitrogens is 5. The van der Waals surface area contributed by atoms with Crippen LogP contribution in [0.2, 0.25) is 0 Å². The number of H-pyrrole nitrogens is 1. The fraction of sp³-hybridized carbons (Fsp3) is 0.222. The zero-order chi connectivity index (χ0) is 20.4. The lowest BCUT2D eigenvalue weighted by Gasteiger charge is -2.17. The summed E-state index contributed by atoms with van der Waals surface area (Å²) in [5, 5.41) is 0. The number of fused-ring (bicyclic) bond motifs is 1. The molecular weight excluding hydrogens is 378 g/mol. The topological polar surface area (TPSA) is 149 Å².